The molecule has 1 atom stereocenters. The van der Waals surface area contributed by atoms with Gasteiger partial charge in [0.05, 0.1) is 20.3 Å². The molecule has 0 aromatic heterocycles. The number of methoxy groups -OCH3 is 2. The summed E-state index contributed by atoms with van der Waals surface area (Å²) in [6, 6.07) is 4.95. The standard InChI is InChI=1S/C14H22N2O3.ClH/c1-9(2)13(15)14(17)16-8-10-7-11(18-3)5-6-12(10)19-4;/h5-7,9,13H,8,15H2,1-4H3,(H,16,17);1H. The van der Waals surface area contributed by atoms with Gasteiger partial charge < -0.3 is 20.5 Å². The summed E-state index contributed by atoms with van der Waals surface area (Å²) in [6.45, 7) is 4.19. The molecule has 3 N–H and O–H groups in total. The first-order valence-corrected chi connectivity index (χ1v) is 6.23. The molecule has 20 heavy (non-hydrogen) atoms. The fourth-order valence-corrected chi connectivity index (χ4v) is 1.62. The molecule has 0 spiro atoms. The highest BCUT2D eigenvalue weighted by Crippen LogP contribution is 2.23. The van der Waals surface area contributed by atoms with Gasteiger partial charge in [-0.15, -0.1) is 12.4 Å². The Kier molecular flexibility index (Phi) is 8.03. The summed E-state index contributed by atoms with van der Waals surface area (Å²) in [5.74, 6) is 1.37. The van der Waals surface area contributed by atoms with E-state index in [4.69, 9.17) is 15.2 Å². The number of hydrogen-bond acceptors (Lipinski definition) is 4. The molecule has 5 nitrogen and oxygen atoms in total. The van der Waals surface area contributed by atoms with Gasteiger partial charge in [-0.05, 0) is 24.1 Å². The van der Waals surface area contributed by atoms with Gasteiger partial charge in [0.1, 0.15) is 11.5 Å². The molecule has 0 heterocycles. The zero-order chi connectivity index (χ0) is 14.4. The van der Waals surface area contributed by atoms with E-state index in [0.717, 1.165) is 11.3 Å². The van der Waals surface area contributed by atoms with E-state index in [1.165, 1.54) is 0 Å². The van der Waals surface area contributed by atoms with Gasteiger partial charge in [-0.3, -0.25) is 4.79 Å². The van der Waals surface area contributed by atoms with Crippen LogP contribution in [0, 0.1) is 5.92 Å². The van der Waals surface area contributed by atoms with Gasteiger partial charge >= 0.3 is 0 Å². The van der Waals surface area contributed by atoms with Crippen LogP contribution in [0.5, 0.6) is 11.5 Å². The Morgan fingerprint density at radius 3 is 2.45 bits per heavy atom. The lowest BCUT2D eigenvalue weighted by atomic mass is 10.0. The second-order valence-electron chi connectivity index (χ2n) is 4.67. The third kappa shape index (κ3) is 4.90. The number of carbonyl (C=O) groups is 1. The van der Waals surface area contributed by atoms with Crippen molar-refractivity contribution in [2.45, 2.75) is 26.4 Å². The SMILES string of the molecule is COc1ccc(OC)c(CNC(=O)C(N)C(C)C)c1.Cl. The first-order chi connectivity index (χ1) is 8.99. The number of nitrogens with two attached hydrogens (primary N) is 1. The van der Waals surface area contributed by atoms with Crippen LogP contribution in [0.1, 0.15) is 19.4 Å². The minimum atomic E-state index is -0.503. The van der Waals surface area contributed by atoms with Gasteiger partial charge in [-0.2, -0.15) is 0 Å². The van der Waals surface area contributed by atoms with E-state index in [1.54, 1.807) is 14.2 Å². The third-order valence-electron chi connectivity index (χ3n) is 2.96. The first-order valence-electron chi connectivity index (χ1n) is 6.23. The Balaban J connectivity index is 0.00000361. The molecule has 0 aliphatic rings. The predicted molar refractivity (Wildman–Crippen MR) is 81.5 cm³/mol. The molecule has 1 rings (SSSR count). The molecule has 6 heteroatoms. The van der Waals surface area contributed by atoms with Crippen molar-refractivity contribution in [3.63, 3.8) is 0 Å². The monoisotopic (exact) mass is 302 g/mol. The van der Waals surface area contributed by atoms with Gasteiger partial charge in [-0.25, -0.2) is 0 Å². The summed E-state index contributed by atoms with van der Waals surface area (Å²) >= 11 is 0. The third-order valence-corrected chi connectivity index (χ3v) is 2.96. The van der Waals surface area contributed by atoms with Crippen molar-refractivity contribution in [2.75, 3.05) is 14.2 Å². The zero-order valence-corrected chi connectivity index (χ0v) is 13.1. The molecule has 1 unspecified atom stereocenters. The average Bonchev–Trinajstić information content (AvgIpc) is 2.43. The van der Waals surface area contributed by atoms with Crippen molar-refractivity contribution in [1.29, 1.82) is 0 Å². The summed E-state index contributed by atoms with van der Waals surface area (Å²) in [7, 11) is 3.19. The Morgan fingerprint density at radius 1 is 1.30 bits per heavy atom. The van der Waals surface area contributed by atoms with Gasteiger partial charge in [0.25, 0.3) is 0 Å². The first kappa shape index (κ1) is 18.5. The van der Waals surface area contributed by atoms with Gasteiger partial charge in [-0.1, -0.05) is 13.8 Å². The van der Waals surface area contributed by atoms with Crippen LogP contribution < -0.4 is 20.5 Å². The number of rotatable bonds is 6. The molecule has 0 saturated carbocycles. The van der Waals surface area contributed by atoms with Crippen LogP contribution in [0.4, 0.5) is 0 Å². The minimum absolute atomic E-state index is 0. The van der Waals surface area contributed by atoms with Crippen LogP contribution in [0.15, 0.2) is 18.2 Å². The van der Waals surface area contributed by atoms with E-state index in [-0.39, 0.29) is 24.2 Å². The van der Waals surface area contributed by atoms with E-state index < -0.39 is 6.04 Å². The molecule has 0 fully saturated rings. The van der Waals surface area contributed by atoms with E-state index >= 15 is 0 Å². The number of ether oxygens (including phenoxy) is 2. The molecule has 0 aliphatic carbocycles. The van der Waals surface area contributed by atoms with Crippen LogP contribution in [0.3, 0.4) is 0 Å². The largest absolute Gasteiger partial charge is 0.497 e. The number of halogens is 1. The summed E-state index contributed by atoms with van der Waals surface area (Å²) in [6.07, 6.45) is 0. The number of hydrogen-bond donors (Lipinski definition) is 2. The molecule has 114 valence electrons. The second kappa shape index (κ2) is 8.66. The van der Waals surface area contributed by atoms with Crippen LogP contribution in [-0.2, 0) is 11.3 Å². The van der Waals surface area contributed by atoms with E-state index in [9.17, 15) is 4.79 Å². The normalized spacial score (nSPS) is 11.5. The molecular formula is C14H23ClN2O3. The van der Waals surface area contributed by atoms with Gasteiger partial charge in [0.15, 0.2) is 0 Å². The second-order valence-corrected chi connectivity index (χ2v) is 4.67. The average molecular weight is 303 g/mol. The molecule has 0 saturated heterocycles. The maximum atomic E-state index is 11.8. The number of nitrogens with one attached hydrogen (secondary N) is 1. The lowest BCUT2D eigenvalue weighted by molar-refractivity contribution is -0.123. The van der Waals surface area contributed by atoms with Gasteiger partial charge in [0.2, 0.25) is 5.91 Å². The van der Waals surface area contributed by atoms with Crippen molar-refractivity contribution in [3.05, 3.63) is 23.8 Å². The fourth-order valence-electron chi connectivity index (χ4n) is 1.62. The maximum Gasteiger partial charge on any atom is 0.237 e. The molecule has 0 aliphatic heterocycles. The predicted octanol–water partition coefficient (Wildman–Crippen LogP) is 1.73. The lowest BCUT2D eigenvalue weighted by Crippen LogP contribution is -2.43. The quantitative estimate of drug-likeness (QED) is 0.839. The van der Waals surface area contributed by atoms with E-state index in [1.807, 2.05) is 32.0 Å². The van der Waals surface area contributed by atoms with E-state index in [2.05, 4.69) is 5.32 Å². The summed E-state index contributed by atoms with van der Waals surface area (Å²) in [5.41, 5.74) is 6.64. The van der Waals surface area contributed by atoms with Crippen LogP contribution in [0.25, 0.3) is 0 Å². The highest BCUT2D eigenvalue weighted by Gasteiger charge is 2.17. The molecular weight excluding hydrogens is 280 g/mol. The molecule has 0 bridgehead atoms. The van der Waals surface area contributed by atoms with E-state index in [0.29, 0.717) is 12.3 Å². The highest BCUT2D eigenvalue weighted by atomic mass is 35.5. The van der Waals surface area contributed by atoms with Crippen LogP contribution in [0.2, 0.25) is 0 Å². The molecule has 1 aromatic rings. The Labute approximate surface area is 126 Å². The number of carbonyl (C=O) groups excluding carboxylic acids is 1. The van der Waals surface area contributed by atoms with Crippen molar-refractivity contribution < 1.29 is 14.3 Å². The van der Waals surface area contributed by atoms with Crippen molar-refractivity contribution in [3.8, 4) is 11.5 Å². The zero-order valence-electron chi connectivity index (χ0n) is 12.3. The summed E-state index contributed by atoms with van der Waals surface area (Å²) in [5, 5.41) is 2.81. The molecule has 1 aromatic carbocycles. The minimum Gasteiger partial charge on any atom is -0.497 e. The number of amides is 1. The fraction of sp³-hybridized carbons (Fsp3) is 0.500. The highest BCUT2D eigenvalue weighted by molar-refractivity contribution is 5.85. The Bertz CT molecular complexity index is 438. The van der Waals surface area contributed by atoms with Crippen LogP contribution >= 0.6 is 12.4 Å². The number of benzene rings is 1. The lowest BCUT2D eigenvalue weighted by Gasteiger charge is -2.16. The smallest absolute Gasteiger partial charge is 0.237 e. The Hall–Kier alpha value is -1.46. The maximum absolute atomic E-state index is 11.8. The van der Waals surface area contributed by atoms with Crippen LogP contribution in [-0.4, -0.2) is 26.2 Å². The van der Waals surface area contributed by atoms with Crippen molar-refractivity contribution >= 4 is 18.3 Å². The molecule has 0 radical (unpaired) electrons. The summed E-state index contributed by atoms with van der Waals surface area (Å²) in [4.78, 5) is 11.8. The van der Waals surface area contributed by atoms with Crippen molar-refractivity contribution in [2.24, 2.45) is 11.7 Å². The topological polar surface area (TPSA) is 73.6 Å². The van der Waals surface area contributed by atoms with Crippen molar-refractivity contribution in [1.82, 2.24) is 5.32 Å². The Morgan fingerprint density at radius 2 is 1.95 bits per heavy atom. The molecule has 1 amide bonds. The summed E-state index contributed by atoms with van der Waals surface area (Å²) < 4.78 is 10.4. The van der Waals surface area contributed by atoms with Gasteiger partial charge in [0, 0.05) is 12.1 Å².